The van der Waals surface area contributed by atoms with Crippen LogP contribution in [0.5, 0.6) is 5.75 Å². The van der Waals surface area contributed by atoms with Gasteiger partial charge in [0.2, 0.25) is 0 Å². The van der Waals surface area contributed by atoms with E-state index in [0.717, 1.165) is 62.5 Å². The molecule has 194 valence electrons. The second-order valence-electron chi connectivity index (χ2n) is 10.6. The number of rotatable bonds is 6. The number of anilines is 2. The Kier molecular flexibility index (Phi) is 5.88. The summed E-state index contributed by atoms with van der Waals surface area (Å²) >= 11 is 0. The molecule has 0 saturated carbocycles. The average molecular weight is 512 g/mol. The molecule has 2 saturated heterocycles. The standard InChI is InChI=1S/C28H29F3N4O2/c29-28(30,31)37-25-10-8-23(9-11-25)35-18-27(19-35)16-34(17-27)22-6-4-20(5-7-22)14-32-26(36)21-13-24-3-1-2-12-33(24)15-21/h4-11,13H,1-3,12,14-19H2/p+1. The summed E-state index contributed by atoms with van der Waals surface area (Å²) in [5.74, 6) is -0.178. The van der Waals surface area contributed by atoms with Crippen LogP contribution < -0.4 is 19.9 Å². The number of hydrogen-bond donors (Lipinski definition) is 1. The molecule has 0 bridgehead atoms. The van der Waals surface area contributed by atoms with Crippen molar-refractivity contribution in [2.24, 2.45) is 5.41 Å². The van der Waals surface area contributed by atoms with Crippen molar-refractivity contribution in [3.05, 3.63) is 65.7 Å². The molecule has 4 heterocycles. The number of halogens is 3. The first-order valence-electron chi connectivity index (χ1n) is 12.8. The van der Waals surface area contributed by atoms with Gasteiger partial charge in [-0.2, -0.15) is 0 Å². The van der Waals surface area contributed by atoms with Gasteiger partial charge in [-0.15, -0.1) is 13.2 Å². The summed E-state index contributed by atoms with van der Waals surface area (Å²) in [6.07, 6.45) is 0.872. The van der Waals surface area contributed by atoms with E-state index in [4.69, 9.17) is 0 Å². The topological polar surface area (TPSA) is 47.8 Å². The second kappa shape index (κ2) is 9.11. The summed E-state index contributed by atoms with van der Waals surface area (Å²) in [4.78, 5) is 17.2. The highest BCUT2D eigenvalue weighted by Crippen LogP contribution is 2.44. The fourth-order valence-electron chi connectivity index (χ4n) is 5.92. The first-order chi connectivity index (χ1) is 17.8. The number of nitrogens with one attached hydrogen (secondary N) is 1. The maximum atomic E-state index is 12.6. The molecule has 0 radical (unpaired) electrons. The van der Waals surface area contributed by atoms with Crippen LogP contribution in [0.4, 0.5) is 24.5 Å². The van der Waals surface area contributed by atoms with Gasteiger partial charge in [-0.3, -0.25) is 4.79 Å². The van der Waals surface area contributed by atoms with Gasteiger partial charge in [0.15, 0.2) is 12.3 Å². The monoisotopic (exact) mass is 511 g/mol. The smallest absolute Gasteiger partial charge is 0.406 e. The Morgan fingerprint density at radius 2 is 1.57 bits per heavy atom. The Hall–Kier alpha value is -3.49. The predicted molar refractivity (Wildman–Crippen MR) is 135 cm³/mol. The van der Waals surface area contributed by atoms with Crippen molar-refractivity contribution in [1.82, 2.24) is 5.32 Å². The molecule has 37 heavy (non-hydrogen) atoms. The third-order valence-electron chi connectivity index (χ3n) is 7.81. The van der Waals surface area contributed by atoms with Crippen molar-refractivity contribution < 1.29 is 27.3 Å². The molecule has 9 heteroatoms. The van der Waals surface area contributed by atoms with E-state index < -0.39 is 6.36 Å². The second-order valence-corrected chi connectivity index (χ2v) is 10.6. The number of amides is 1. The van der Waals surface area contributed by atoms with E-state index in [1.54, 1.807) is 12.1 Å². The average Bonchev–Trinajstić information content (AvgIpc) is 3.26. The summed E-state index contributed by atoms with van der Waals surface area (Å²) < 4.78 is 43.3. The van der Waals surface area contributed by atoms with Gasteiger partial charge in [0.1, 0.15) is 12.3 Å². The molecule has 2 fully saturated rings. The molecule has 2 aromatic carbocycles. The van der Waals surface area contributed by atoms with E-state index in [1.807, 2.05) is 0 Å². The van der Waals surface area contributed by atoms with Gasteiger partial charge in [0, 0.05) is 68.4 Å². The number of ether oxygens (including phenoxy) is 1. The number of benzene rings is 2. The van der Waals surface area contributed by atoms with Gasteiger partial charge in [-0.1, -0.05) is 12.1 Å². The number of allylic oxidation sites excluding steroid dienone is 1. The largest absolute Gasteiger partial charge is 0.573 e. The van der Waals surface area contributed by atoms with Crippen molar-refractivity contribution in [2.75, 3.05) is 49.1 Å². The third kappa shape index (κ3) is 5.04. The zero-order valence-corrected chi connectivity index (χ0v) is 20.6. The van der Waals surface area contributed by atoms with Gasteiger partial charge in [-0.25, -0.2) is 4.58 Å². The first kappa shape index (κ1) is 23.9. The molecular formula is C28H30F3N4O2+. The fourth-order valence-corrected chi connectivity index (χ4v) is 5.92. The van der Waals surface area contributed by atoms with Crippen LogP contribution in [0, 0.1) is 5.41 Å². The summed E-state index contributed by atoms with van der Waals surface area (Å²) in [5, 5.41) is 3.06. The number of nitrogens with zero attached hydrogens (tertiary/aromatic N) is 3. The molecule has 6 rings (SSSR count). The lowest BCUT2D eigenvalue weighted by atomic mass is 9.72. The van der Waals surface area contributed by atoms with Gasteiger partial charge in [0.05, 0.1) is 5.57 Å². The van der Waals surface area contributed by atoms with Crippen molar-refractivity contribution in [1.29, 1.82) is 0 Å². The van der Waals surface area contributed by atoms with Crippen LogP contribution in [0.15, 0.2) is 60.2 Å². The minimum atomic E-state index is -4.67. The van der Waals surface area contributed by atoms with E-state index in [2.05, 4.69) is 54.8 Å². The molecule has 2 aromatic rings. The lowest BCUT2D eigenvalue weighted by molar-refractivity contribution is -0.520. The molecule has 1 amide bonds. The molecule has 4 aliphatic heterocycles. The lowest BCUT2D eigenvalue weighted by Crippen LogP contribution is -2.72. The van der Waals surface area contributed by atoms with Gasteiger partial charge in [0.25, 0.3) is 5.91 Å². The molecule has 0 unspecified atom stereocenters. The molecular weight excluding hydrogens is 481 g/mol. The van der Waals surface area contributed by atoms with E-state index in [-0.39, 0.29) is 17.1 Å². The highest BCUT2D eigenvalue weighted by atomic mass is 19.4. The Labute approximate surface area is 214 Å². The Balaban J connectivity index is 0.951. The third-order valence-corrected chi connectivity index (χ3v) is 7.81. The minimum absolute atomic E-state index is 0.0210. The Morgan fingerprint density at radius 3 is 2.16 bits per heavy atom. The maximum absolute atomic E-state index is 12.6. The maximum Gasteiger partial charge on any atom is 0.573 e. The molecule has 0 atom stereocenters. The quantitative estimate of drug-likeness (QED) is 0.594. The van der Waals surface area contributed by atoms with Crippen molar-refractivity contribution in [3.8, 4) is 5.75 Å². The van der Waals surface area contributed by atoms with Crippen molar-refractivity contribution >= 4 is 23.0 Å². The van der Waals surface area contributed by atoms with Crippen LogP contribution in [-0.4, -0.2) is 61.8 Å². The minimum Gasteiger partial charge on any atom is -0.406 e. The van der Waals surface area contributed by atoms with E-state index in [1.165, 1.54) is 36.4 Å². The number of alkyl halides is 3. The summed E-state index contributed by atoms with van der Waals surface area (Å²) in [6.45, 7) is 5.98. The summed E-state index contributed by atoms with van der Waals surface area (Å²) in [5.41, 5.74) is 5.54. The SMILES string of the molecule is O=C(NCc1ccc(N2CC3(C2)CN(c2ccc(OC(F)(F)F)cc2)C3)cc1)C1=CC2=[N+](CCCC2)C1. The van der Waals surface area contributed by atoms with Crippen LogP contribution in [0.25, 0.3) is 0 Å². The van der Waals surface area contributed by atoms with Crippen LogP contribution in [0.2, 0.25) is 0 Å². The lowest BCUT2D eigenvalue weighted by Gasteiger charge is -2.61. The molecule has 6 nitrogen and oxygen atoms in total. The van der Waals surface area contributed by atoms with Crippen LogP contribution >= 0.6 is 0 Å². The first-order valence-corrected chi connectivity index (χ1v) is 12.8. The highest BCUT2D eigenvalue weighted by Gasteiger charge is 2.51. The van der Waals surface area contributed by atoms with Gasteiger partial charge in [-0.05, 0) is 48.4 Å². The van der Waals surface area contributed by atoms with Crippen molar-refractivity contribution in [2.45, 2.75) is 32.2 Å². The molecule has 0 aliphatic carbocycles. The van der Waals surface area contributed by atoms with E-state index >= 15 is 0 Å². The van der Waals surface area contributed by atoms with Crippen molar-refractivity contribution in [3.63, 3.8) is 0 Å². The normalized spacial score (nSPS) is 20.2. The summed E-state index contributed by atoms with van der Waals surface area (Å²) in [6, 6.07) is 14.4. The Morgan fingerprint density at radius 1 is 0.946 bits per heavy atom. The van der Waals surface area contributed by atoms with Gasteiger partial charge < -0.3 is 19.9 Å². The molecule has 0 aromatic heterocycles. The summed E-state index contributed by atoms with van der Waals surface area (Å²) in [7, 11) is 0. The molecule has 4 aliphatic rings. The number of carbonyl (C=O) groups is 1. The molecule has 1 spiro atoms. The van der Waals surface area contributed by atoms with Gasteiger partial charge >= 0.3 is 6.36 Å². The number of hydrogen-bond acceptors (Lipinski definition) is 4. The predicted octanol–water partition coefficient (Wildman–Crippen LogP) is 4.11. The van der Waals surface area contributed by atoms with Crippen LogP contribution in [-0.2, 0) is 11.3 Å². The Bertz CT molecular complexity index is 1240. The van der Waals surface area contributed by atoms with Crippen LogP contribution in [0.1, 0.15) is 24.8 Å². The number of carbonyl (C=O) groups excluding carboxylic acids is 1. The fraction of sp³-hybridized carbons (Fsp3) is 0.429. The van der Waals surface area contributed by atoms with Crippen LogP contribution in [0.3, 0.4) is 0 Å². The van der Waals surface area contributed by atoms with E-state index in [9.17, 15) is 18.0 Å². The zero-order valence-electron chi connectivity index (χ0n) is 20.6. The highest BCUT2D eigenvalue weighted by molar-refractivity contribution is 6.04. The van der Waals surface area contributed by atoms with E-state index in [0.29, 0.717) is 6.54 Å². The molecule has 1 N–H and O–H groups in total. The zero-order chi connectivity index (χ0) is 25.6.